The van der Waals surface area contributed by atoms with Crippen LogP contribution >= 0.6 is 15.9 Å². The Hall–Kier alpha value is -1.03. The van der Waals surface area contributed by atoms with Crippen LogP contribution in [0.4, 0.5) is 0 Å². The van der Waals surface area contributed by atoms with E-state index in [1.54, 1.807) is 7.11 Å². The van der Waals surface area contributed by atoms with Crippen molar-refractivity contribution in [3.05, 3.63) is 29.8 Å². The molecular weight excluding hydrogens is 260 g/mol. The van der Waals surface area contributed by atoms with Gasteiger partial charge in [0.05, 0.1) is 7.11 Å². The minimum Gasteiger partial charge on any atom is -0.496 e. The van der Waals surface area contributed by atoms with Crippen LogP contribution in [0, 0.1) is 0 Å². The molecule has 0 fully saturated rings. The number of carboxylic acids is 1. The maximum atomic E-state index is 10.6. The summed E-state index contributed by atoms with van der Waals surface area (Å²) < 4.78 is 5.18. The van der Waals surface area contributed by atoms with Gasteiger partial charge in [-0.3, -0.25) is 4.79 Å². The third-order valence-corrected chi connectivity index (χ3v) is 2.98. The summed E-state index contributed by atoms with van der Waals surface area (Å²) in [5, 5.41) is 8.71. The van der Waals surface area contributed by atoms with E-state index in [0.717, 1.165) is 11.3 Å². The predicted octanol–water partition coefficient (Wildman–Crippen LogP) is 2.48. The summed E-state index contributed by atoms with van der Waals surface area (Å²) in [5.41, 5.74) is 1.03. The van der Waals surface area contributed by atoms with Gasteiger partial charge in [0.1, 0.15) is 10.6 Å². The molecule has 1 aromatic carbocycles. The van der Waals surface area contributed by atoms with E-state index >= 15 is 0 Å². The molecule has 1 rings (SSSR count). The Morgan fingerprint density at radius 2 is 2.20 bits per heavy atom. The van der Waals surface area contributed by atoms with Gasteiger partial charge in [0.15, 0.2) is 0 Å². The average molecular weight is 273 g/mol. The quantitative estimate of drug-likeness (QED) is 0.838. The summed E-state index contributed by atoms with van der Waals surface area (Å²) in [6, 6.07) is 7.63. The molecule has 0 saturated heterocycles. The summed E-state index contributed by atoms with van der Waals surface area (Å²) in [6.07, 6.45) is 1.24. The summed E-state index contributed by atoms with van der Waals surface area (Å²) in [4.78, 5) is 10.1. The Morgan fingerprint density at radius 1 is 1.53 bits per heavy atom. The number of carbonyl (C=O) groups is 1. The minimum absolute atomic E-state index is 0.498. The smallest absolute Gasteiger partial charge is 0.317 e. The zero-order chi connectivity index (χ0) is 11.3. The molecule has 4 heteroatoms. The number of ether oxygens (including phenoxy) is 1. The monoisotopic (exact) mass is 272 g/mol. The van der Waals surface area contributed by atoms with Crippen molar-refractivity contribution in [2.24, 2.45) is 0 Å². The van der Waals surface area contributed by atoms with Crippen LogP contribution in [0.3, 0.4) is 0 Å². The lowest BCUT2D eigenvalue weighted by atomic mass is 10.1. The predicted molar refractivity (Wildman–Crippen MR) is 61.7 cm³/mol. The molecule has 0 saturated carbocycles. The summed E-state index contributed by atoms with van der Waals surface area (Å²) in [5.74, 6) is -0.0208. The molecule has 0 aliphatic heterocycles. The molecule has 0 aromatic heterocycles. The molecule has 0 heterocycles. The van der Waals surface area contributed by atoms with Gasteiger partial charge in [0.25, 0.3) is 0 Å². The Labute approximate surface area is 97.2 Å². The van der Waals surface area contributed by atoms with Gasteiger partial charge in [0, 0.05) is 0 Å². The summed E-state index contributed by atoms with van der Waals surface area (Å²) in [7, 11) is 1.61. The van der Waals surface area contributed by atoms with Gasteiger partial charge < -0.3 is 9.84 Å². The standard InChI is InChI=1S/C11H13BrO3/c1-15-10-5-3-2-4-8(10)6-7-9(12)11(13)14/h2-5,9H,6-7H2,1H3,(H,13,14). The highest BCUT2D eigenvalue weighted by Gasteiger charge is 2.13. The van der Waals surface area contributed by atoms with Crippen molar-refractivity contribution in [1.82, 2.24) is 0 Å². The number of aliphatic carboxylic acids is 1. The number of carboxylic acid groups (broad SMARTS) is 1. The van der Waals surface area contributed by atoms with Gasteiger partial charge in [-0.2, -0.15) is 0 Å². The fourth-order valence-electron chi connectivity index (χ4n) is 1.32. The molecule has 1 atom stereocenters. The number of methoxy groups -OCH3 is 1. The number of hydrogen-bond donors (Lipinski definition) is 1. The zero-order valence-corrected chi connectivity index (χ0v) is 10.0. The maximum absolute atomic E-state index is 10.6. The molecule has 3 nitrogen and oxygen atoms in total. The van der Waals surface area contributed by atoms with E-state index in [1.807, 2.05) is 24.3 Å². The summed E-state index contributed by atoms with van der Waals surface area (Å²) in [6.45, 7) is 0. The third kappa shape index (κ3) is 3.55. The lowest BCUT2D eigenvalue weighted by molar-refractivity contribution is -0.136. The van der Waals surface area contributed by atoms with Gasteiger partial charge in [-0.05, 0) is 24.5 Å². The van der Waals surface area contributed by atoms with E-state index in [0.29, 0.717) is 12.8 Å². The zero-order valence-electron chi connectivity index (χ0n) is 8.44. The number of alkyl halides is 1. The first kappa shape index (κ1) is 12.0. The SMILES string of the molecule is COc1ccccc1CCC(Br)C(=O)O. The number of hydrogen-bond acceptors (Lipinski definition) is 2. The van der Waals surface area contributed by atoms with Gasteiger partial charge >= 0.3 is 5.97 Å². The lowest BCUT2D eigenvalue weighted by Gasteiger charge is -2.08. The number of rotatable bonds is 5. The fraction of sp³-hybridized carbons (Fsp3) is 0.364. The van der Waals surface area contributed by atoms with Crippen molar-refractivity contribution in [3.8, 4) is 5.75 Å². The van der Waals surface area contributed by atoms with Crippen LogP contribution in [-0.4, -0.2) is 23.0 Å². The number of aryl methyl sites for hydroxylation is 1. The van der Waals surface area contributed by atoms with Crippen molar-refractivity contribution >= 4 is 21.9 Å². The Balaban J connectivity index is 2.60. The van der Waals surface area contributed by atoms with Crippen LogP contribution in [0.5, 0.6) is 5.75 Å². The maximum Gasteiger partial charge on any atom is 0.317 e. The average Bonchev–Trinajstić information content (AvgIpc) is 2.26. The first-order valence-electron chi connectivity index (χ1n) is 4.64. The first-order valence-corrected chi connectivity index (χ1v) is 5.55. The number of para-hydroxylation sites is 1. The molecular formula is C11H13BrO3. The molecule has 82 valence electrons. The second-order valence-corrected chi connectivity index (χ2v) is 4.26. The second kappa shape index (κ2) is 5.75. The second-order valence-electron chi connectivity index (χ2n) is 3.16. The molecule has 15 heavy (non-hydrogen) atoms. The van der Waals surface area contributed by atoms with E-state index in [1.165, 1.54) is 0 Å². The van der Waals surface area contributed by atoms with E-state index in [-0.39, 0.29) is 0 Å². The number of halogens is 1. The van der Waals surface area contributed by atoms with Crippen LogP contribution in [0.25, 0.3) is 0 Å². The van der Waals surface area contributed by atoms with E-state index in [9.17, 15) is 4.79 Å². The molecule has 1 unspecified atom stereocenters. The third-order valence-electron chi connectivity index (χ3n) is 2.13. The normalized spacial score (nSPS) is 12.1. The van der Waals surface area contributed by atoms with Crippen molar-refractivity contribution in [2.45, 2.75) is 17.7 Å². The van der Waals surface area contributed by atoms with Crippen LogP contribution in [0.1, 0.15) is 12.0 Å². The van der Waals surface area contributed by atoms with Gasteiger partial charge in [-0.15, -0.1) is 0 Å². The highest BCUT2D eigenvalue weighted by Crippen LogP contribution is 2.20. The molecule has 0 aliphatic carbocycles. The van der Waals surface area contributed by atoms with E-state index in [2.05, 4.69) is 15.9 Å². The molecule has 0 radical (unpaired) electrons. The van der Waals surface area contributed by atoms with Gasteiger partial charge in [-0.25, -0.2) is 0 Å². The molecule has 1 aromatic rings. The van der Waals surface area contributed by atoms with Crippen molar-refractivity contribution in [1.29, 1.82) is 0 Å². The number of benzene rings is 1. The van der Waals surface area contributed by atoms with Crippen molar-refractivity contribution in [2.75, 3.05) is 7.11 Å². The molecule has 0 bridgehead atoms. The molecule has 0 spiro atoms. The van der Waals surface area contributed by atoms with Crippen LogP contribution in [-0.2, 0) is 11.2 Å². The minimum atomic E-state index is -0.829. The van der Waals surface area contributed by atoms with Crippen LogP contribution in [0.2, 0.25) is 0 Å². The Morgan fingerprint density at radius 3 is 2.80 bits per heavy atom. The lowest BCUT2D eigenvalue weighted by Crippen LogP contribution is -2.13. The molecule has 0 amide bonds. The van der Waals surface area contributed by atoms with Crippen LogP contribution in [0.15, 0.2) is 24.3 Å². The Kier molecular flexibility index (Phi) is 4.62. The van der Waals surface area contributed by atoms with Gasteiger partial charge in [-0.1, -0.05) is 34.1 Å². The van der Waals surface area contributed by atoms with Crippen LogP contribution < -0.4 is 4.74 Å². The first-order chi connectivity index (χ1) is 7.15. The topological polar surface area (TPSA) is 46.5 Å². The van der Waals surface area contributed by atoms with Crippen molar-refractivity contribution < 1.29 is 14.6 Å². The van der Waals surface area contributed by atoms with E-state index in [4.69, 9.17) is 9.84 Å². The molecule has 0 aliphatic rings. The highest BCUT2D eigenvalue weighted by molar-refractivity contribution is 9.10. The highest BCUT2D eigenvalue weighted by atomic mass is 79.9. The van der Waals surface area contributed by atoms with E-state index < -0.39 is 10.8 Å². The summed E-state index contributed by atoms with van der Waals surface area (Å²) >= 11 is 3.11. The van der Waals surface area contributed by atoms with Crippen molar-refractivity contribution in [3.63, 3.8) is 0 Å². The largest absolute Gasteiger partial charge is 0.496 e. The molecule has 1 N–H and O–H groups in total. The van der Waals surface area contributed by atoms with Gasteiger partial charge in [0.2, 0.25) is 0 Å². The Bertz CT molecular complexity index is 338. The fourth-order valence-corrected chi connectivity index (χ4v) is 1.54.